The van der Waals surface area contributed by atoms with Crippen molar-refractivity contribution in [3.63, 3.8) is 0 Å². The molecule has 0 radical (unpaired) electrons. The number of hydrogen-bond donors (Lipinski definition) is 1. The summed E-state index contributed by atoms with van der Waals surface area (Å²) in [6.07, 6.45) is 0. The third kappa shape index (κ3) is 1.95. The van der Waals surface area contributed by atoms with Crippen molar-refractivity contribution in [3.8, 4) is 0 Å². The molecule has 0 amide bonds. The molecule has 0 fully saturated rings. The molecule has 0 aliphatic rings. The Morgan fingerprint density at radius 3 is 2.81 bits per heavy atom. The van der Waals surface area contributed by atoms with Crippen LogP contribution in [0.1, 0.15) is 32.2 Å². The van der Waals surface area contributed by atoms with Crippen LogP contribution in [0.5, 0.6) is 0 Å². The summed E-state index contributed by atoms with van der Waals surface area (Å²) in [4.78, 5) is 4.53. The van der Waals surface area contributed by atoms with Gasteiger partial charge in [-0.3, -0.25) is 0 Å². The summed E-state index contributed by atoms with van der Waals surface area (Å²) < 4.78 is 5.77. The molecule has 1 heterocycles. The standard InChI is InChI=1S/C13H18N2O/c1-5-14-13(3,4)12-15-10-8-9(2)6-7-11(10)16-12/h6-8,14H,5H2,1-4H3. The van der Waals surface area contributed by atoms with E-state index in [9.17, 15) is 0 Å². The van der Waals surface area contributed by atoms with Gasteiger partial charge >= 0.3 is 0 Å². The number of aromatic nitrogens is 1. The van der Waals surface area contributed by atoms with E-state index in [0.29, 0.717) is 0 Å². The largest absolute Gasteiger partial charge is 0.439 e. The van der Waals surface area contributed by atoms with E-state index in [4.69, 9.17) is 4.42 Å². The van der Waals surface area contributed by atoms with Crippen molar-refractivity contribution in [3.05, 3.63) is 29.7 Å². The minimum absolute atomic E-state index is 0.221. The lowest BCUT2D eigenvalue weighted by Gasteiger charge is -2.21. The van der Waals surface area contributed by atoms with Crippen LogP contribution in [0.2, 0.25) is 0 Å². The number of nitrogens with zero attached hydrogens (tertiary/aromatic N) is 1. The summed E-state index contributed by atoms with van der Waals surface area (Å²) in [5.74, 6) is 0.745. The first-order valence-electron chi connectivity index (χ1n) is 5.65. The van der Waals surface area contributed by atoms with E-state index in [0.717, 1.165) is 23.5 Å². The van der Waals surface area contributed by atoms with Gasteiger partial charge in [-0.2, -0.15) is 0 Å². The zero-order chi connectivity index (χ0) is 11.8. The lowest BCUT2D eigenvalue weighted by atomic mass is 10.1. The van der Waals surface area contributed by atoms with Crippen molar-refractivity contribution in [1.82, 2.24) is 10.3 Å². The molecular weight excluding hydrogens is 200 g/mol. The lowest BCUT2D eigenvalue weighted by Crippen LogP contribution is -2.36. The van der Waals surface area contributed by atoms with E-state index < -0.39 is 0 Å². The number of hydrogen-bond acceptors (Lipinski definition) is 3. The third-order valence-electron chi connectivity index (χ3n) is 2.70. The van der Waals surface area contributed by atoms with Gasteiger partial charge in [-0.05, 0) is 45.0 Å². The molecule has 3 heteroatoms. The highest BCUT2D eigenvalue weighted by Crippen LogP contribution is 2.24. The molecule has 0 spiro atoms. The Bertz CT molecular complexity index is 500. The summed E-state index contributed by atoms with van der Waals surface area (Å²) in [7, 11) is 0. The molecule has 3 nitrogen and oxygen atoms in total. The zero-order valence-corrected chi connectivity index (χ0v) is 10.3. The number of aryl methyl sites for hydroxylation is 1. The maximum Gasteiger partial charge on any atom is 0.215 e. The molecule has 0 saturated heterocycles. The first-order valence-corrected chi connectivity index (χ1v) is 5.65. The molecule has 0 aliphatic heterocycles. The van der Waals surface area contributed by atoms with E-state index in [2.05, 4.69) is 38.0 Å². The van der Waals surface area contributed by atoms with Crippen LogP contribution in [0.15, 0.2) is 22.6 Å². The van der Waals surface area contributed by atoms with Crippen LogP contribution in [-0.2, 0) is 5.54 Å². The average Bonchev–Trinajstić information content (AvgIpc) is 2.61. The Morgan fingerprint density at radius 1 is 1.38 bits per heavy atom. The smallest absolute Gasteiger partial charge is 0.215 e. The number of rotatable bonds is 3. The second kappa shape index (κ2) is 3.91. The van der Waals surface area contributed by atoms with E-state index in [-0.39, 0.29) is 5.54 Å². The van der Waals surface area contributed by atoms with Crippen molar-refractivity contribution in [2.75, 3.05) is 6.54 Å². The van der Waals surface area contributed by atoms with E-state index in [1.807, 2.05) is 18.2 Å². The van der Waals surface area contributed by atoms with E-state index >= 15 is 0 Å². The Hall–Kier alpha value is -1.35. The van der Waals surface area contributed by atoms with Gasteiger partial charge in [0.1, 0.15) is 5.52 Å². The molecular formula is C13H18N2O. The van der Waals surface area contributed by atoms with Gasteiger partial charge in [-0.25, -0.2) is 4.98 Å². The first kappa shape index (κ1) is 11.1. The highest BCUT2D eigenvalue weighted by molar-refractivity contribution is 5.73. The fraction of sp³-hybridized carbons (Fsp3) is 0.462. The second-order valence-corrected chi connectivity index (χ2v) is 4.65. The van der Waals surface area contributed by atoms with Crippen LogP contribution in [0.4, 0.5) is 0 Å². The van der Waals surface area contributed by atoms with Gasteiger partial charge in [0.2, 0.25) is 5.89 Å². The van der Waals surface area contributed by atoms with E-state index in [1.54, 1.807) is 0 Å². The molecule has 0 atom stereocenters. The predicted molar refractivity (Wildman–Crippen MR) is 65.4 cm³/mol. The number of fused-ring (bicyclic) bond motifs is 1. The maximum absolute atomic E-state index is 5.77. The van der Waals surface area contributed by atoms with Gasteiger partial charge in [-0.15, -0.1) is 0 Å². The molecule has 1 aromatic carbocycles. The molecule has 1 N–H and O–H groups in total. The normalized spacial score (nSPS) is 12.2. The molecule has 0 unspecified atom stereocenters. The van der Waals surface area contributed by atoms with Crippen molar-refractivity contribution in [2.24, 2.45) is 0 Å². The second-order valence-electron chi connectivity index (χ2n) is 4.65. The Morgan fingerprint density at radius 2 is 2.12 bits per heavy atom. The van der Waals surface area contributed by atoms with Gasteiger partial charge in [0, 0.05) is 0 Å². The summed E-state index contributed by atoms with van der Waals surface area (Å²) in [5.41, 5.74) is 2.77. The quantitative estimate of drug-likeness (QED) is 0.860. The predicted octanol–water partition coefficient (Wildman–Crippen LogP) is 2.98. The zero-order valence-electron chi connectivity index (χ0n) is 10.3. The van der Waals surface area contributed by atoms with Crippen molar-refractivity contribution < 1.29 is 4.42 Å². The van der Waals surface area contributed by atoms with Crippen LogP contribution in [0.3, 0.4) is 0 Å². The molecule has 0 saturated carbocycles. The van der Waals surface area contributed by atoms with Crippen LogP contribution in [-0.4, -0.2) is 11.5 Å². The highest BCUT2D eigenvalue weighted by Gasteiger charge is 2.25. The highest BCUT2D eigenvalue weighted by atomic mass is 16.4. The molecule has 86 valence electrons. The van der Waals surface area contributed by atoms with Crippen LogP contribution in [0, 0.1) is 6.92 Å². The number of oxazole rings is 1. The molecule has 1 aromatic heterocycles. The fourth-order valence-corrected chi connectivity index (χ4v) is 1.82. The van der Waals surface area contributed by atoms with Crippen molar-refractivity contribution in [2.45, 2.75) is 33.2 Å². The van der Waals surface area contributed by atoms with Gasteiger partial charge < -0.3 is 9.73 Å². The van der Waals surface area contributed by atoms with Crippen LogP contribution in [0.25, 0.3) is 11.1 Å². The minimum atomic E-state index is -0.221. The Balaban J connectivity index is 2.46. The van der Waals surface area contributed by atoms with Gasteiger partial charge in [0.05, 0.1) is 5.54 Å². The van der Waals surface area contributed by atoms with Crippen molar-refractivity contribution in [1.29, 1.82) is 0 Å². The lowest BCUT2D eigenvalue weighted by molar-refractivity contribution is 0.323. The molecule has 0 bridgehead atoms. The van der Waals surface area contributed by atoms with Gasteiger partial charge in [0.15, 0.2) is 5.58 Å². The summed E-state index contributed by atoms with van der Waals surface area (Å²) in [5, 5.41) is 3.36. The Kier molecular flexibility index (Phi) is 2.72. The van der Waals surface area contributed by atoms with Gasteiger partial charge in [0.25, 0.3) is 0 Å². The molecule has 2 rings (SSSR count). The summed E-state index contributed by atoms with van der Waals surface area (Å²) >= 11 is 0. The average molecular weight is 218 g/mol. The van der Waals surface area contributed by atoms with E-state index in [1.165, 1.54) is 5.56 Å². The maximum atomic E-state index is 5.77. The minimum Gasteiger partial charge on any atom is -0.439 e. The molecule has 16 heavy (non-hydrogen) atoms. The monoisotopic (exact) mass is 218 g/mol. The Labute approximate surface area is 95.9 Å². The van der Waals surface area contributed by atoms with Crippen molar-refractivity contribution >= 4 is 11.1 Å². The van der Waals surface area contributed by atoms with Gasteiger partial charge in [-0.1, -0.05) is 13.0 Å². The fourth-order valence-electron chi connectivity index (χ4n) is 1.82. The molecule has 2 aromatic rings. The topological polar surface area (TPSA) is 38.1 Å². The third-order valence-corrected chi connectivity index (χ3v) is 2.70. The number of nitrogens with one attached hydrogen (secondary N) is 1. The number of benzene rings is 1. The SMILES string of the molecule is CCNC(C)(C)c1nc2cc(C)ccc2o1. The van der Waals surface area contributed by atoms with Crippen LogP contribution >= 0.6 is 0 Å². The first-order chi connectivity index (χ1) is 7.53. The summed E-state index contributed by atoms with van der Waals surface area (Å²) in [6.45, 7) is 9.19. The van der Waals surface area contributed by atoms with Crippen LogP contribution < -0.4 is 5.32 Å². The molecule has 0 aliphatic carbocycles. The summed E-state index contributed by atoms with van der Waals surface area (Å²) in [6, 6.07) is 6.06.